The second-order valence-corrected chi connectivity index (χ2v) is 11.9. The van der Waals surface area contributed by atoms with Crippen LogP contribution in [0.1, 0.15) is 52.0 Å². The third-order valence-electron chi connectivity index (χ3n) is 7.48. The molecule has 2 aliphatic rings. The maximum absolute atomic E-state index is 13.6. The zero-order valence-electron chi connectivity index (χ0n) is 22.1. The largest absolute Gasteiger partial charge is 0.593 e. The Kier molecular flexibility index (Phi) is 7.89. The fourth-order valence-corrected chi connectivity index (χ4v) is 7.10. The summed E-state index contributed by atoms with van der Waals surface area (Å²) in [7, 11) is 1.75. The van der Waals surface area contributed by atoms with Gasteiger partial charge in [0, 0.05) is 66.4 Å². The third-order valence-corrected chi connectivity index (χ3v) is 8.98. The molecule has 1 fully saturated rings. The molecule has 0 spiro atoms. The Bertz CT molecular complexity index is 1450. The van der Waals surface area contributed by atoms with Crippen molar-refractivity contribution in [3.63, 3.8) is 0 Å². The monoisotopic (exact) mass is 569 g/mol. The number of hydrogen-bond acceptors (Lipinski definition) is 6. The number of carbonyl (C=O) groups excluding carboxylic acids is 1. The summed E-state index contributed by atoms with van der Waals surface area (Å²) in [5.41, 5.74) is 11.1. The molecule has 2 heterocycles. The number of benzene rings is 2. The second kappa shape index (κ2) is 11.2. The molecule has 210 valence electrons. The van der Waals surface area contributed by atoms with E-state index in [1.807, 2.05) is 42.0 Å². The van der Waals surface area contributed by atoms with Crippen LogP contribution in [0.4, 0.5) is 13.2 Å². The number of nitrogens with one attached hydrogen (secondary N) is 2. The lowest BCUT2D eigenvalue weighted by Crippen LogP contribution is -2.33. The van der Waals surface area contributed by atoms with Crippen LogP contribution >= 0.6 is 0 Å². The first-order chi connectivity index (χ1) is 19.1. The minimum absolute atomic E-state index is 0.0307. The number of fused-ring (bicyclic) bond motifs is 1. The van der Waals surface area contributed by atoms with Gasteiger partial charge >= 0.3 is 6.18 Å². The summed E-state index contributed by atoms with van der Waals surface area (Å²) in [4.78, 5) is 12.1. The van der Waals surface area contributed by atoms with Gasteiger partial charge in [-0.1, -0.05) is 25.1 Å². The van der Waals surface area contributed by atoms with Gasteiger partial charge in [-0.05, 0) is 48.6 Å². The maximum atomic E-state index is 13.6. The van der Waals surface area contributed by atoms with E-state index < -0.39 is 23.1 Å². The third kappa shape index (κ3) is 5.59. The molecule has 0 amide bonds. The standard InChI is InChI=1S/C29H30F3N5O2S/c1-18-10-20-6-7-22(29(30,31)32)12-27(20)40(39)36(15-18)16-19-4-3-5-23(11-19)37-9-8-21(17-38)28(37)25-13-24(25)26(35-33)14-34-2/h3-9,11-12,14,17-18,24-25,33-34H,10,13,15-16H2,1-2H3/b26-14-,35-33?/t18-,24?,25+,40?/m0/s1. The van der Waals surface area contributed by atoms with Gasteiger partial charge in [0.1, 0.15) is 0 Å². The van der Waals surface area contributed by atoms with Crippen LogP contribution in [0.2, 0.25) is 0 Å². The number of carbonyl (C=O) groups is 1. The normalized spacial score (nSPS) is 23.3. The van der Waals surface area contributed by atoms with E-state index in [2.05, 4.69) is 10.4 Å². The molecule has 3 aromatic rings. The highest BCUT2D eigenvalue weighted by atomic mass is 32.2. The van der Waals surface area contributed by atoms with E-state index in [0.29, 0.717) is 29.8 Å². The molecule has 1 aromatic heterocycles. The van der Waals surface area contributed by atoms with Gasteiger partial charge in [-0.2, -0.15) is 18.3 Å². The molecule has 7 nitrogen and oxygen atoms in total. The van der Waals surface area contributed by atoms with Gasteiger partial charge in [-0.15, -0.1) is 4.31 Å². The first kappa shape index (κ1) is 28.1. The molecular formula is C29H30F3N5O2S. The molecule has 1 saturated carbocycles. The van der Waals surface area contributed by atoms with Gasteiger partial charge in [0.05, 0.1) is 29.2 Å². The summed E-state index contributed by atoms with van der Waals surface area (Å²) < 4.78 is 57.5. The predicted molar refractivity (Wildman–Crippen MR) is 145 cm³/mol. The van der Waals surface area contributed by atoms with Crippen molar-refractivity contribution in [3.8, 4) is 5.69 Å². The molecule has 0 bridgehead atoms. The van der Waals surface area contributed by atoms with E-state index in [9.17, 15) is 22.5 Å². The second-order valence-electron chi connectivity index (χ2n) is 10.4. The van der Waals surface area contributed by atoms with Crippen molar-refractivity contribution >= 4 is 17.6 Å². The van der Waals surface area contributed by atoms with Crippen molar-refractivity contribution < 1.29 is 22.5 Å². The summed E-state index contributed by atoms with van der Waals surface area (Å²) in [5, 5.41) is 6.56. The topological polar surface area (TPSA) is 96.5 Å². The van der Waals surface area contributed by atoms with E-state index >= 15 is 0 Å². The number of allylic oxidation sites excluding steroid dienone is 1. The zero-order chi connectivity index (χ0) is 28.6. The number of hydrogen-bond donors (Lipinski definition) is 2. The number of aldehydes is 1. The molecule has 0 saturated heterocycles. The summed E-state index contributed by atoms with van der Waals surface area (Å²) in [6.45, 7) is 2.76. The van der Waals surface area contributed by atoms with Crippen molar-refractivity contribution in [1.82, 2.24) is 14.2 Å². The Morgan fingerprint density at radius 3 is 2.75 bits per heavy atom. The molecule has 2 unspecified atom stereocenters. The summed E-state index contributed by atoms with van der Waals surface area (Å²) in [6, 6.07) is 13.0. The number of halogens is 3. The van der Waals surface area contributed by atoms with Crippen molar-refractivity contribution in [3.05, 3.63) is 94.6 Å². The Labute approximate surface area is 233 Å². The van der Waals surface area contributed by atoms with E-state index in [1.54, 1.807) is 23.6 Å². The molecule has 4 atom stereocenters. The highest BCUT2D eigenvalue weighted by Gasteiger charge is 2.44. The van der Waals surface area contributed by atoms with Crippen molar-refractivity contribution in [1.29, 1.82) is 5.53 Å². The van der Waals surface area contributed by atoms with E-state index in [1.165, 1.54) is 6.07 Å². The SMILES string of the molecule is CN/C=C(\N=N)C1C[C@H]1c1c(C=O)ccn1-c1cccc(CN2C[C@@H](C)Cc3ccc(C(F)(F)F)cc3[S+]2[O-])c1. The molecule has 2 N–H and O–H groups in total. The van der Waals surface area contributed by atoms with Crippen LogP contribution in [-0.4, -0.2) is 33.3 Å². The average molecular weight is 570 g/mol. The molecule has 1 aliphatic heterocycles. The van der Waals surface area contributed by atoms with Crippen LogP contribution < -0.4 is 5.32 Å². The quantitative estimate of drug-likeness (QED) is 0.191. The van der Waals surface area contributed by atoms with Crippen LogP contribution in [0, 0.1) is 17.4 Å². The highest BCUT2D eigenvalue weighted by molar-refractivity contribution is 7.89. The summed E-state index contributed by atoms with van der Waals surface area (Å²) in [5.74, 6) is 0.166. The van der Waals surface area contributed by atoms with Gasteiger partial charge < -0.3 is 14.4 Å². The Balaban J connectivity index is 1.43. The van der Waals surface area contributed by atoms with E-state index in [0.717, 1.165) is 41.8 Å². The van der Waals surface area contributed by atoms with Gasteiger partial charge in [0.15, 0.2) is 11.2 Å². The van der Waals surface area contributed by atoms with Crippen LogP contribution in [-0.2, 0) is 30.5 Å². The number of aromatic nitrogens is 1. The lowest BCUT2D eigenvalue weighted by atomic mass is 9.99. The smallest absolute Gasteiger partial charge is 0.416 e. The lowest BCUT2D eigenvalue weighted by Gasteiger charge is -2.24. The molecule has 5 rings (SSSR count). The Morgan fingerprint density at radius 2 is 2.05 bits per heavy atom. The minimum Gasteiger partial charge on any atom is -0.593 e. The van der Waals surface area contributed by atoms with Crippen LogP contribution in [0.5, 0.6) is 0 Å². The lowest BCUT2D eigenvalue weighted by molar-refractivity contribution is -0.137. The van der Waals surface area contributed by atoms with Crippen LogP contribution in [0.3, 0.4) is 0 Å². The Hall–Kier alpha value is -3.41. The van der Waals surface area contributed by atoms with Crippen LogP contribution in [0.15, 0.2) is 76.6 Å². The van der Waals surface area contributed by atoms with Crippen molar-refractivity contribution in [2.75, 3.05) is 13.6 Å². The van der Waals surface area contributed by atoms with Crippen LogP contribution in [0.25, 0.3) is 5.69 Å². The van der Waals surface area contributed by atoms with E-state index in [-0.39, 0.29) is 29.2 Å². The maximum Gasteiger partial charge on any atom is 0.416 e. The predicted octanol–water partition coefficient (Wildman–Crippen LogP) is 6.22. The molecule has 1 aliphatic carbocycles. The van der Waals surface area contributed by atoms with Gasteiger partial charge in [0.2, 0.25) is 0 Å². The molecule has 40 heavy (non-hydrogen) atoms. The summed E-state index contributed by atoms with van der Waals surface area (Å²) >= 11 is -1.76. The fraction of sp³-hybridized carbons (Fsp3) is 0.345. The average Bonchev–Trinajstić information content (AvgIpc) is 3.61. The van der Waals surface area contributed by atoms with Gasteiger partial charge in [-0.25, -0.2) is 5.53 Å². The molecule has 11 heteroatoms. The Morgan fingerprint density at radius 1 is 1.25 bits per heavy atom. The molecule has 2 aromatic carbocycles. The van der Waals surface area contributed by atoms with Gasteiger partial charge in [-0.3, -0.25) is 4.79 Å². The first-order valence-corrected chi connectivity index (χ1v) is 14.1. The minimum atomic E-state index is -4.51. The summed E-state index contributed by atoms with van der Waals surface area (Å²) in [6.07, 6.45) is 1.18. The van der Waals surface area contributed by atoms with Crippen molar-refractivity contribution in [2.45, 2.75) is 43.3 Å². The van der Waals surface area contributed by atoms with Crippen molar-refractivity contribution in [2.24, 2.45) is 17.0 Å². The zero-order valence-corrected chi connectivity index (χ0v) is 22.9. The molecule has 0 radical (unpaired) electrons. The number of alkyl halides is 3. The number of nitrogens with zero attached hydrogens (tertiary/aromatic N) is 3. The van der Waals surface area contributed by atoms with Gasteiger partial charge in [0.25, 0.3) is 0 Å². The number of rotatable bonds is 8. The first-order valence-electron chi connectivity index (χ1n) is 13.0. The fourth-order valence-electron chi connectivity index (χ4n) is 5.56. The molecular weight excluding hydrogens is 539 g/mol. The highest BCUT2D eigenvalue weighted by Crippen LogP contribution is 2.53. The van der Waals surface area contributed by atoms with E-state index in [4.69, 9.17) is 5.53 Å².